The maximum absolute atomic E-state index is 13.4. The first-order valence-corrected chi connectivity index (χ1v) is 9.69. The van der Waals surface area contributed by atoms with Crippen molar-refractivity contribution in [3.05, 3.63) is 83.2 Å². The molecule has 4 rings (SSSR count). The predicted octanol–water partition coefficient (Wildman–Crippen LogP) is 2.88. The van der Waals surface area contributed by atoms with E-state index >= 15 is 0 Å². The van der Waals surface area contributed by atoms with Crippen molar-refractivity contribution in [2.75, 3.05) is 11.9 Å². The highest BCUT2D eigenvalue weighted by atomic mass is 16.2. The number of nitrogens with one attached hydrogen (secondary N) is 2. The summed E-state index contributed by atoms with van der Waals surface area (Å²) in [6.45, 7) is 2.24. The highest BCUT2D eigenvalue weighted by Gasteiger charge is 2.50. The minimum atomic E-state index is -0.918. The number of rotatable bonds is 6. The first kappa shape index (κ1) is 18.9. The van der Waals surface area contributed by atoms with Gasteiger partial charge in [0.1, 0.15) is 0 Å². The largest absolute Gasteiger partial charge is 0.350 e. The zero-order chi connectivity index (χ0) is 20.4. The van der Waals surface area contributed by atoms with Gasteiger partial charge in [-0.05, 0) is 36.6 Å². The van der Waals surface area contributed by atoms with Crippen LogP contribution in [0, 0.1) is 6.92 Å². The summed E-state index contributed by atoms with van der Waals surface area (Å²) in [5.74, 6) is -0.214. The van der Waals surface area contributed by atoms with Gasteiger partial charge >= 0.3 is 0 Å². The van der Waals surface area contributed by atoms with Crippen molar-refractivity contribution in [2.24, 2.45) is 0 Å². The molecule has 1 aliphatic heterocycles. The highest BCUT2D eigenvalue weighted by Crippen LogP contribution is 2.45. The van der Waals surface area contributed by atoms with E-state index in [2.05, 4.69) is 15.5 Å². The van der Waals surface area contributed by atoms with Crippen molar-refractivity contribution in [2.45, 2.75) is 31.7 Å². The van der Waals surface area contributed by atoms with Crippen LogP contribution in [-0.4, -0.2) is 29.1 Å². The van der Waals surface area contributed by atoms with E-state index in [1.807, 2.05) is 67.6 Å². The average Bonchev–Trinajstić information content (AvgIpc) is 3.23. The predicted molar refractivity (Wildman–Crippen MR) is 111 cm³/mol. The normalized spacial score (nSPS) is 18.0. The Morgan fingerprint density at radius 2 is 1.86 bits per heavy atom. The quantitative estimate of drug-likeness (QED) is 0.682. The fourth-order valence-corrected chi connectivity index (χ4v) is 4.16. The number of aryl methyl sites for hydroxylation is 1. The zero-order valence-corrected chi connectivity index (χ0v) is 16.6. The van der Waals surface area contributed by atoms with E-state index in [1.165, 1.54) is 0 Å². The Balaban J connectivity index is 1.64. The summed E-state index contributed by atoms with van der Waals surface area (Å²) in [7, 11) is 1.78. The Hall–Kier alpha value is -3.41. The Morgan fingerprint density at radius 1 is 1.14 bits per heavy atom. The Kier molecular flexibility index (Phi) is 4.92. The van der Waals surface area contributed by atoms with E-state index in [-0.39, 0.29) is 18.2 Å². The first-order chi connectivity index (χ1) is 14.0. The topological polar surface area (TPSA) is 78.1 Å². The molecule has 0 unspecified atom stereocenters. The van der Waals surface area contributed by atoms with Gasteiger partial charge in [-0.2, -0.15) is 5.10 Å². The molecular weight excluding hydrogens is 364 g/mol. The number of carbonyl (C=O) groups is 2. The van der Waals surface area contributed by atoms with Crippen LogP contribution >= 0.6 is 0 Å². The van der Waals surface area contributed by atoms with Crippen LogP contribution < -0.4 is 10.2 Å². The number of benzene rings is 2. The van der Waals surface area contributed by atoms with Gasteiger partial charge in [0.15, 0.2) is 0 Å². The van der Waals surface area contributed by atoms with E-state index < -0.39 is 5.41 Å². The SMILES string of the molecule is Cc1cc(CNC(=O)C[C@]2(Cc3ccccc3)C(=O)N(C)c3ccccc32)n[nH]1. The van der Waals surface area contributed by atoms with Crippen LogP contribution in [0.15, 0.2) is 60.7 Å². The molecule has 1 atom stereocenters. The molecule has 6 nitrogen and oxygen atoms in total. The van der Waals surface area contributed by atoms with Gasteiger partial charge in [-0.3, -0.25) is 14.7 Å². The van der Waals surface area contributed by atoms with Gasteiger partial charge in [-0.15, -0.1) is 0 Å². The molecule has 0 spiro atoms. The lowest BCUT2D eigenvalue weighted by Gasteiger charge is -2.28. The molecular formula is C23H24N4O2. The van der Waals surface area contributed by atoms with Crippen molar-refractivity contribution in [3.63, 3.8) is 0 Å². The highest BCUT2D eigenvalue weighted by molar-refractivity contribution is 6.09. The number of fused-ring (bicyclic) bond motifs is 1. The molecule has 2 heterocycles. The summed E-state index contributed by atoms with van der Waals surface area (Å²) in [4.78, 5) is 28.0. The monoisotopic (exact) mass is 388 g/mol. The molecule has 1 aliphatic rings. The molecule has 2 amide bonds. The summed E-state index contributed by atoms with van der Waals surface area (Å²) < 4.78 is 0. The number of carbonyl (C=O) groups excluding carboxylic acids is 2. The van der Waals surface area contributed by atoms with Gasteiger partial charge in [0.2, 0.25) is 11.8 Å². The number of amides is 2. The lowest BCUT2D eigenvalue weighted by molar-refractivity contribution is -0.129. The first-order valence-electron chi connectivity index (χ1n) is 9.69. The lowest BCUT2D eigenvalue weighted by atomic mass is 9.73. The standard InChI is InChI=1S/C23H24N4O2/c1-16-12-18(26-25-16)15-24-21(28)14-23(13-17-8-4-3-5-9-17)19-10-6-7-11-20(19)27(2)22(23)29/h3-12H,13-15H2,1-2H3,(H,24,28)(H,25,26)/t23-/m0/s1. The lowest BCUT2D eigenvalue weighted by Crippen LogP contribution is -2.44. The van der Waals surface area contributed by atoms with E-state index in [0.29, 0.717) is 13.0 Å². The smallest absolute Gasteiger partial charge is 0.238 e. The molecule has 0 bridgehead atoms. The molecule has 0 aliphatic carbocycles. The van der Waals surface area contributed by atoms with Gasteiger partial charge < -0.3 is 10.2 Å². The number of aromatic nitrogens is 2. The molecule has 6 heteroatoms. The second-order valence-electron chi connectivity index (χ2n) is 7.62. The Morgan fingerprint density at radius 3 is 2.59 bits per heavy atom. The number of hydrogen-bond donors (Lipinski definition) is 2. The molecule has 0 saturated heterocycles. The van der Waals surface area contributed by atoms with Gasteiger partial charge in [0, 0.05) is 24.8 Å². The van der Waals surface area contributed by atoms with Gasteiger partial charge in [-0.1, -0.05) is 48.5 Å². The van der Waals surface area contributed by atoms with Crippen LogP contribution in [-0.2, 0) is 28.0 Å². The van der Waals surface area contributed by atoms with E-state index in [1.54, 1.807) is 11.9 Å². The van der Waals surface area contributed by atoms with Crippen molar-refractivity contribution in [3.8, 4) is 0 Å². The number of aromatic amines is 1. The maximum atomic E-state index is 13.4. The van der Waals surface area contributed by atoms with Crippen LogP contribution in [0.3, 0.4) is 0 Å². The molecule has 3 aromatic rings. The summed E-state index contributed by atoms with van der Waals surface area (Å²) in [6.07, 6.45) is 0.564. The molecule has 0 radical (unpaired) electrons. The van der Waals surface area contributed by atoms with Crippen molar-refractivity contribution < 1.29 is 9.59 Å². The molecule has 2 aromatic carbocycles. The number of likely N-dealkylation sites (N-methyl/N-ethyl adjacent to an activating group) is 1. The fourth-order valence-electron chi connectivity index (χ4n) is 4.16. The number of para-hydroxylation sites is 1. The summed E-state index contributed by atoms with van der Waals surface area (Å²) in [6, 6.07) is 19.5. The second kappa shape index (κ2) is 7.54. The van der Waals surface area contributed by atoms with Gasteiger partial charge in [0.25, 0.3) is 0 Å². The molecule has 29 heavy (non-hydrogen) atoms. The third kappa shape index (κ3) is 3.53. The summed E-state index contributed by atoms with van der Waals surface area (Å²) >= 11 is 0. The molecule has 2 N–H and O–H groups in total. The third-order valence-electron chi connectivity index (χ3n) is 5.53. The van der Waals surface area contributed by atoms with E-state index in [4.69, 9.17) is 0 Å². The summed E-state index contributed by atoms with van der Waals surface area (Å²) in [5.41, 5.74) is 3.59. The molecule has 148 valence electrons. The number of hydrogen-bond acceptors (Lipinski definition) is 3. The number of anilines is 1. The van der Waals surface area contributed by atoms with Crippen LogP contribution in [0.25, 0.3) is 0 Å². The van der Waals surface area contributed by atoms with Gasteiger partial charge in [-0.25, -0.2) is 0 Å². The number of H-pyrrole nitrogens is 1. The Bertz CT molecular complexity index is 1040. The fraction of sp³-hybridized carbons (Fsp3) is 0.261. The van der Waals surface area contributed by atoms with Crippen LogP contribution in [0.5, 0.6) is 0 Å². The van der Waals surface area contributed by atoms with Crippen molar-refractivity contribution >= 4 is 17.5 Å². The van der Waals surface area contributed by atoms with Crippen LogP contribution in [0.1, 0.15) is 28.9 Å². The third-order valence-corrected chi connectivity index (χ3v) is 5.53. The summed E-state index contributed by atoms with van der Waals surface area (Å²) in [5, 5.41) is 9.95. The Labute approximate surface area is 169 Å². The van der Waals surface area contributed by atoms with E-state index in [9.17, 15) is 9.59 Å². The van der Waals surface area contributed by atoms with Crippen LogP contribution in [0.2, 0.25) is 0 Å². The second-order valence-corrected chi connectivity index (χ2v) is 7.62. The maximum Gasteiger partial charge on any atom is 0.238 e. The minimum absolute atomic E-state index is 0.0479. The van der Waals surface area contributed by atoms with E-state index in [0.717, 1.165) is 28.2 Å². The van der Waals surface area contributed by atoms with Crippen molar-refractivity contribution in [1.82, 2.24) is 15.5 Å². The minimum Gasteiger partial charge on any atom is -0.350 e. The number of nitrogens with zero attached hydrogens (tertiary/aromatic N) is 2. The molecule has 0 fully saturated rings. The molecule has 0 saturated carbocycles. The average molecular weight is 388 g/mol. The molecule has 1 aromatic heterocycles. The van der Waals surface area contributed by atoms with Crippen LogP contribution in [0.4, 0.5) is 5.69 Å². The van der Waals surface area contributed by atoms with Gasteiger partial charge in [0.05, 0.1) is 17.7 Å². The van der Waals surface area contributed by atoms with Crippen molar-refractivity contribution in [1.29, 1.82) is 0 Å². The zero-order valence-electron chi connectivity index (χ0n) is 16.6.